The summed E-state index contributed by atoms with van der Waals surface area (Å²) in [6, 6.07) is 9.81. The summed E-state index contributed by atoms with van der Waals surface area (Å²) in [7, 11) is 2.76. The van der Waals surface area contributed by atoms with E-state index in [0.717, 1.165) is 11.5 Å². The first-order chi connectivity index (χ1) is 13.8. The number of ether oxygens (including phenoxy) is 3. The van der Waals surface area contributed by atoms with Gasteiger partial charge in [0.15, 0.2) is 0 Å². The van der Waals surface area contributed by atoms with Gasteiger partial charge in [0.25, 0.3) is 5.92 Å². The fraction of sp³-hybridized carbons (Fsp3) is 0.409. The van der Waals surface area contributed by atoms with Gasteiger partial charge in [0.05, 0.1) is 19.3 Å². The van der Waals surface area contributed by atoms with Gasteiger partial charge in [-0.15, -0.1) is 0 Å². The Morgan fingerprint density at radius 1 is 1.28 bits per heavy atom. The summed E-state index contributed by atoms with van der Waals surface area (Å²) in [5, 5.41) is 4.52. The molecule has 0 bridgehead atoms. The van der Waals surface area contributed by atoms with Gasteiger partial charge >= 0.3 is 5.97 Å². The highest BCUT2D eigenvalue weighted by Gasteiger charge is 2.42. The smallest absolute Gasteiger partial charge is 0.323 e. The molecule has 1 fully saturated rings. The number of alkyl halides is 2. The number of rotatable bonds is 7. The van der Waals surface area contributed by atoms with E-state index in [-0.39, 0.29) is 17.9 Å². The predicted molar refractivity (Wildman–Crippen MR) is 106 cm³/mol. The Labute approximate surface area is 168 Å². The Morgan fingerprint density at radius 3 is 2.62 bits per heavy atom. The zero-order chi connectivity index (χ0) is 21.1. The van der Waals surface area contributed by atoms with E-state index in [0.29, 0.717) is 18.4 Å². The van der Waals surface area contributed by atoms with Crippen molar-refractivity contribution in [2.75, 3.05) is 27.4 Å². The van der Waals surface area contributed by atoms with Crippen LogP contribution in [0.25, 0.3) is 10.8 Å². The van der Waals surface area contributed by atoms with Gasteiger partial charge < -0.3 is 19.5 Å². The molecule has 0 spiro atoms. The molecular weight excluding hydrogens is 380 g/mol. The first-order valence-electron chi connectivity index (χ1n) is 9.36. The van der Waals surface area contributed by atoms with Crippen LogP contribution in [0.3, 0.4) is 0 Å². The molecule has 2 aromatic rings. The summed E-state index contributed by atoms with van der Waals surface area (Å²) in [5.74, 6) is -3.56. The van der Waals surface area contributed by atoms with Gasteiger partial charge in [0.1, 0.15) is 17.4 Å². The third kappa shape index (κ3) is 4.74. The monoisotopic (exact) mass is 405 g/mol. The van der Waals surface area contributed by atoms with Crippen molar-refractivity contribution in [1.29, 1.82) is 0 Å². The number of halogens is 2. The molecule has 2 aromatic carbocycles. The van der Waals surface area contributed by atoms with Crippen LogP contribution < -0.4 is 10.1 Å². The second-order valence-electron chi connectivity index (χ2n) is 7.39. The third-order valence-electron chi connectivity index (χ3n) is 5.00. The van der Waals surface area contributed by atoms with Crippen LogP contribution >= 0.6 is 0 Å². The summed E-state index contributed by atoms with van der Waals surface area (Å²) in [4.78, 5) is 11.8. The normalized spacial score (nSPS) is 22.3. The molecule has 0 aromatic heterocycles. The molecule has 3 rings (SSSR count). The molecule has 0 amide bonds. The van der Waals surface area contributed by atoms with Crippen LogP contribution in [-0.4, -0.2) is 45.0 Å². The molecule has 0 saturated carbocycles. The van der Waals surface area contributed by atoms with Crippen LogP contribution in [0.1, 0.15) is 18.9 Å². The van der Waals surface area contributed by atoms with Crippen LogP contribution in [0.4, 0.5) is 8.78 Å². The quantitative estimate of drug-likeness (QED) is 0.561. The zero-order valence-corrected chi connectivity index (χ0v) is 16.7. The van der Waals surface area contributed by atoms with Gasteiger partial charge in [-0.2, -0.15) is 8.78 Å². The van der Waals surface area contributed by atoms with Crippen molar-refractivity contribution in [1.82, 2.24) is 5.32 Å². The Hall–Kier alpha value is -2.51. The number of methoxy groups -OCH3 is 2. The van der Waals surface area contributed by atoms with E-state index >= 15 is 8.78 Å². The van der Waals surface area contributed by atoms with Gasteiger partial charge in [-0.25, -0.2) is 0 Å². The zero-order valence-electron chi connectivity index (χ0n) is 16.7. The molecular formula is C22H25F2NO4. The van der Waals surface area contributed by atoms with Gasteiger partial charge in [0.2, 0.25) is 0 Å². The summed E-state index contributed by atoms with van der Waals surface area (Å²) < 4.78 is 45.7. The van der Waals surface area contributed by atoms with E-state index in [4.69, 9.17) is 14.2 Å². The number of benzene rings is 2. The second kappa shape index (κ2) is 8.47. The highest BCUT2D eigenvalue weighted by Crippen LogP contribution is 2.41. The van der Waals surface area contributed by atoms with E-state index in [1.807, 2.05) is 12.1 Å². The Kier molecular flexibility index (Phi) is 6.19. The lowest BCUT2D eigenvalue weighted by Gasteiger charge is -2.28. The maximum Gasteiger partial charge on any atom is 0.323 e. The van der Waals surface area contributed by atoms with Crippen LogP contribution in [0, 0.1) is 0 Å². The van der Waals surface area contributed by atoms with E-state index < -0.39 is 23.5 Å². The van der Waals surface area contributed by atoms with Gasteiger partial charge in [0, 0.05) is 20.1 Å². The van der Waals surface area contributed by atoms with Gasteiger partial charge in [-0.05, 0) is 35.9 Å². The van der Waals surface area contributed by atoms with E-state index in [1.165, 1.54) is 26.4 Å². The van der Waals surface area contributed by atoms with Crippen molar-refractivity contribution < 1.29 is 27.8 Å². The molecule has 1 heterocycles. The van der Waals surface area contributed by atoms with Gasteiger partial charge in [-0.1, -0.05) is 30.3 Å². The lowest BCUT2D eigenvalue weighted by Crippen LogP contribution is -2.35. The average Bonchev–Trinajstić information content (AvgIpc) is 3.08. The number of carbonyl (C=O) groups is 1. The molecule has 0 aliphatic carbocycles. The molecule has 1 saturated heterocycles. The van der Waals surface area contributed by atoms with Crippen LogP contribution in [0.2, 0.25) is 0 Å². The molecule has 1 aliphatic rings. The predicted octanol–water partition coefficient (Wildman–Crippen LogP) is 3.81. The number of hydrogen-bond donors (Lipinski definition) is 1. The number of fused-ring (bicyclic) bond motifs is 1. The minimum absolute atomic E-state index is 0.0851. The standard InChI is InChI=1S/C22H25F2NO4/c1-21(13-18(25-14-21)20(26)28-3)29-19-12-16-8-5-4-7-15(16)11-17(19)22(23,24)9-6-10-27-2/h4-9,11-12,18,25H,10,13-14H2,1-3H3/b9-6+/t18-,21+/m0/s1. The van der Waals surface area contributed by atoms with Gasteiger partial charge in [-0.3, -0.25) is 4.79 Å². The number of esters is 1. The number of hydrogen-bond acceptors (Lipinski definition) is 5. The summed E-state index contributed by atoms with van der Waals surface area (Å²) in [6.07, 6.45) is 2.42. The van der Waals surface area contributed by atoms with Crippen molar-refractivity contribution in [3.05, 3.63) is 54.1 Å². The van der Waals surface area contributed by atoms with Crippen LogP contribution in [0.5, 0.6) is 5.75 Å². The summed E-state index contributed by atoms with van der Waals surface area (Å²) in [6.45, 7) is 2.22. The molecule has 156 valence electrons. The summed E-state index contributed by atoms with van der Waals surface area (Å²) in [5.41, 5.74) is -1.06. The van der Waals surface area contributed by atoms with Crippen molar-refractivity contribution >= 4 is 16.7 Å². The molecule has 1 aliphatic heterocycles. The minimum atomic E-state index is -3.25. The topological polar surface area (TPSA) is 56.8 Å². The second-order valence-corrected chi connectivity index (χ2v) is 7.39. The molecule has 7 heteroatoms. The Morgan fingerprint density at radius 2 is 1.97 bits per heavy atom. The highest BCUT2D eigenvalue weighted by atomic mass is 19.3. The fourth-order valence-electron chi connectivity index (χ4n) is 3.51. The van der Waals surface area contributed by atoms with Crippen molar-refractivity contribution in [2.24, 2.45) is 0 Å². The maximum atomic E-state index is 15.0. The first-order valence-corrected chi connectivity index (χ1v) is 9.36. The van der Waals surface area contributed by atoms with Crippen molar-refractivity contribution in [3.63, 3.8) is 0 Å². The average molecular weight is 405 g/mol. The van der Waals surface area contributed by atoms with E-state index in [9.17, 15) is 4.79 Å². The Bertz CT molecular complexity index is 915. The maximum absolute atomic E-state index is 15.0. The summed E-state index contributed by atoms with van der Waals surface area (Å²) >= 11 is 0. The number of carbonyl (C=O) groups excluding carboxylic acids is 1. The SMILES string of the molecule is COC/C=C/C(F)(F)c1cc2ccccc2cc1O[C@@]1(C)CN[C@H](C(=O)OC)C1. The van der Waals surface area contributed by atoms with Crippen LogP contribution in [-0.2, 0) is 20.2 Å². The fourth-order valence-corrected chi connectivity index (χ4v) is 3.51. The molecule has 0 unspecified atom stereocenters. The molecule has 5 nitrogen and oxygen atoms in total. The van der Waals surface area contributed by atoms with Crippen molar-refractivity contribution in [2.45, 2.75) is 30.9 Å². The molecule has 2 atom stereocenters. The van der Waals surface area contributed by atoms with Crippen LogP contribution in [0.15, 0.2) is 48.6 Å². The largest absolute Gasteiger partial charge is 0.486 e. The molecule has 29 heavy (non-hydrogen) atoms. The molecule has 0 radical (unpaired) electrons. The van der Waals surface area contributed by atoms with E-state index in [2.05, 4.69) is 5.32 Å². The number of allylic oxidation sites excluding steroid dienone is 1. The Balaban J connectivity index is 1.98. The lowest BCUT2D eigenvalue weighted by molar-refractivity contribution is -0.143. The minimum Gasteiger partial charge on any atom is -0.486 e. The first kappa shape index (κ1) is 21.2. The number of nitrogens with one attached hydrogen (secondary N) is 1. The van der Waals surface area contributed by atoms with E-state index in [1.54, 1.807) is 25.1 Å². The lowest BCUT2D eigenvalue weighted by atomic mass is 9.99. The molecule has 1 N–H and O–H groups in total. The highest BCUT2D eigenvalue weighted by molar-refractivity contribution is 5.85. The third-order valence-corrected chi connectivity index (χ3v) is 5.00. The van der Waals surface area contributed by atoms with Crippen molar-refractivity contribution in [3.8, 4) is 5.75 Å².